The zero-order valence-electron chi connectivity index (χ0n) is 53.1. The zero-order chi connectivity index (χ0) is 63.2. The van der Waals surface area contributed by atoms with Crippen LogP contribution in [0.2, 0.25) is 0 Å². The molecule has 0 bridgehead atoms. The number of hydrogen-bond acceptors (Lipinski definition) is 8. The first-order chi connectivity index (χ1) is 43.9. The summed E-state index contributed by atoms with van der Waals surface area (Å²) in [5.41, 5.74) is 10.1. The van der Waals surface area contributed by atoms with E-state index in [1.807, 2.05) is 51.4 Å². The molecule has 8 aromatic rings. The number of carboxylic acid groups (broad SMARTS) is 2. The molecule has 0 unspecified atom stereocenters. The van der Waals surface area contributed by atoms with Gasteiger partial charge in [-0.2, -0.15) is 12.8 Å². The Bertz CT molecular complexity index is 2850. The normalized spacial score (nSPS) is 18.2. The largest absolute Gasteiger partial charge is 0.550 e. The molecule has 0 saturated heterocycles. The van der Waals surface area contributed by atoms with E-state index >= 15 is 0 Å². The van der Waals surface area contributed by atoms with Crippen LogP contribution in [0, 0.1) is 122 Å². The van der Waals surface area contributed by atoms with Gasteiger partial charge in [0, 0.05) is 134 Å². The van der Waals surface area contributed by atoms with E-state index in [2.05, 4.69) is 280 Å². The molecule has 8 aromatic carbocycles. The minimum absolute atomic E-state index is 0. The first-order valence-electron chi connectivity index (χ1n) is 30.5. The molecule has 4 saturated carbocycles. The van der Waals surface area contributed by atoms with E-state index in [4.69, 9.17) is 29.3 Å². The van der Waals surface area contributed by atoms with Crippen LogP contribution in [0.15, 0.2) is 253 Å². The molecular weight excluding hydrogens is 1440 g/mol. The van der Waals surface area contributed by atoms with Gasteiger partial charge >= 0.3 is 0 Å². The summed E-state index contributed by atoms with van der Waals surface area (Å²) in [4.78, 5) is 26.8. The molecule has 2 atom stereocenters. The van der Waals surface area contributed by atoms with Crippen LogP contribution in [-0.4, -0.2) is 49.0 Å². The topological polar surface area (TPSA) is 123 Å². The fourth-order valence-corrected chi connectivity index (χ4v) is 10.8. The third kappa shape index (κ3) is 21.5. The van der Waals surface area contributed by atoms with Crippen LogP contribution in [0.3, 0.4) is 0 Å². The number of carbonyl (C=O) groups is 2. The summed E-state index contributed by atoms with van der Waals surface area (Å²) < 4.78 is 11.0. The Kier molecular flexibility index (Phi) is 33.9. The van der Waals surface area contributed by atoms with Crippen molar-refractivity contribution in [2.24, 2.45) is 21.8 Å². The molecule has 8 nitrogen and oxygen atoms in total. The van der Waals surface area contributed by atoms with Gasteiger partial charge in [0.25, 0.3) is 0 Å². The Balaban J connectivity index is 0.000000226. The number of aliphatic imine (C=N–C) groups is 2. The summed E-state index contributed by atoms with van der Waals surface area (Å²) in [5.74, 6) is 13.4. The number of carboxylic acids is 2. The summed E-state index contributed by atoms with van der Waals surface area (Å²) >= 11 is 0. The Morgan fingerprint density at radius 1 is 0.362 bits per heavy atom. The van der Waals surface area contributed by atoms with Gasteiger partial charge in [0.1, 0.15) is 13.2 Å². The van der Waals surface area contributed by atoms with Crippen molar-refractivity contribution in [3.8, 4) is 0 Å². The Morgan fingerprint density at radius 3 is 0.660 bits per heavy atom. The van der Waals surface area contributed by atoms with Crippen LogP contribution >= 0.6 is 0 Å². The summed E-state index contributed by atoms with van der Waals surface area (Å²) in [7, 11) is 0. The monoisotopic (exact) mass is 1510 g/mol. The number of hydrogen-bond donors (Lipinski definition) is 0. The van der Waals surface area contributed by atoms with Crippen LogP contribution in [0.25, 0.3) is 0 Å². The smallest absolute Gasteiger partial charge is 0.158 e. The summed E-state index contributed by atoms with van der Waals surface area (Å²) in [6, 6.07) is 86.6. The van der Waals surface area contributed by atoms with E-state index in [0.717, 1.165) is 50.7 Å². The molecule has 0 N–H and O–H groups in total. The minimum Gasteiger partial charge on any atom is -0.550 e. The van der Waals surface area contributed by atoms with Gasteiger partial charge < -0.3 is 42.1 Å². The van der Waals surface area contributed by atoms with Gasteiger partial charge in [0.05, 0.1) is 12.1 Å². The fourth-order valence-electron chi connectivity index (χ4n) is 10.8. The molecule has 6 aliphatic rings. The van der Waals surface area contributed by atoms with E-state index in [-0.39, 0.29) is 74.4 Å². The van der Waals surface area contributed by atoms with E-state index < -0.39 is 11.9 Å². The van der Waals surface area contributed by atoms with Crippen molar-refractivity contribution in [1.29, 1.82) is 0 Å². The predicted octanol–water partition coefficient (Wildman–Crippen LogP) is 14.2. The quantitative estimate of drug-likeness (QED) is 0.0886. The van der Waals surface area contributed by atoms with Crippen LogP contribution in [0.5, 0.6) is 0 Å². The molecule has 2 aliphatic heterocycles. The van der Waals surface area contributed by atoms with E-state index in [1.165, 1.54) is 91.9 Å². The molecule has 14 rings (SSSR count). The summed E-state index contributed by atoms with van der Waals surface area (Å²) in [6.07, 6.45) is 16.1. The summed E-state index contributed by atoms with van der Waals surface area (Å²) in [6.45, 7) is 12.1. The first-order valence-corrected chi connectivity index (χ1v) is 30.5. The summed E-state index contributed by atoms with van der Waals surface area (Å²) in [5, 5.41) is 17.8. The van der Waals surface area contributed by atoms with Crippen molar-refractivity contribution < 1.29 is 104 Å². The van der Waals surface area contributed by atoms with Gasteiger partial charge in [0.2, 0.25) is 0 Å². The molecular formula is C82H74Co2N2O6Pd2-4. The van der Waals surface area contributed by atoms with Gasteiger partial charge in [0.15, 0.2) is 11.8 Å². The second kappa shape index (κ2) is 40.5. The molecule has 12 heteroatoms. The van der Waals surface area contributed by atoms with Crippen molar-refractivity contribution in [3.05, 3.63) is 398 Å². The number of aliphatic carboxylic acids is 2. The Labute approximate surface area is 608 Å². The van der Waals surface area contributed by atoms with Crippen LogP contribution in [-0.2, 0) is 93.5 Å². The second-order valence-electron chi connectivity index (χ2n) is 22.4. The van der Waals surface area contributed by atoms with Crippen molar-refractivity contribution in [1.82, 2.24) is 0 Å². The number of benzene rings is 8. The molecule has 0 amide bonds. The predicted molar refractivity (Wildman–Crippen MR) is 357 cm³/mol. The Hall–Kier alpha value is -6.02. The number of ether oxygens (including phenoxy) is 2. The molecule has 2 heterocycles. The van der Waals surface area contributed by atoms with Crippen molar-refractivity contribution in [2.45, 2.75) is 53.6 Å². The second-order valence-corrected chi connectivity index (χ2v) is 22.4. The number of nitrogens with zero attached hydrogens (tertiary/aromatic N) is 2. The number of rotatable bonds is 12. The van der Waals surface area contributed by atoms with Gasteiger partial charge in [-0.1, -0.05) is 308 Å². The maximum atomic E-state index is 8.89. The van der Waals surface area contributed by atoms with E-state index in [0.29, 0.717) is 23.9 Å². The average molecular weight is 1510 g/mol. The van der Waals surface area contributed by atoms with Gasteiger partial charge in [-0.15, -0.1) is 0 Å². The SMILES string of the molecule is CC(=O)[O-].CC(=O)[O-].CC(C)[C@H]1COC([C]2[CH][CH][CH][CH-]2)=N1.CC(C)[C@H]1COC([C]2[CH][CH][CH][CH-]2)=N1.[Co].[Co].[Pd].[Pd].c1ccc([C]2[C](c3ccccc3)[C](c3ccccc3)[C]2c2ccccc2)cc1.c1ccc([C]2[C](c3ccccc3)[C](c3ccccc3)[C]2c2ccccc2)cc1. The average Bonchev–Trinajstić information content (AvgIpc) is 0.885. The zero-order valence-corrected chi connectivity index (χ0v) is 58.3. The van der Waals surface area contributed by atoms with E-state index in [9.17, 15) is 0 Å². The first kappa shape index (κ1) is 78.7. The molecule has 94 heavy (non-hydrogen) atoms. The minimum atomic E-state index is -1.08. The van der Waals surface area contributed by atoms with Crippen LogP contribution < -0.4 is 10.2 Å². The van der Waals surface area contributed by atoms with Crippen molar-refractivity contribution >= 4 is 23.7 Å². The van der Waals surface area contributed by atoms with Crippen molar-refractivity contribution in [3.63, 3.8) is 0 Å². The van der Waals surface area contributed by atoms with Crippen molar-refractivity contribution in [2.75, 3.05) is 13.2 Å². The van der Waals surface area contributed by atoms with Gasteiger partial charge in [-0.05, 0) is 70.2 Å². The van der Waals surface area contributed by atoms with Gasteiger partial charge in [-0.25, -0.2) is 0 Å². The fraction of sp³-hybridized carbons (Fsp3) is 0.146. The maximum absolute atomic E-state index is 8.89. The molecule has 0 aromatic heterocycles. The van der Waals surface area contributed by atoms with Gasteiger partial charge in [-0.3, -0.25) is 9.98 Å². The molecule has 490 valence electrons. The maximum Gasteiger partial charge on any atom is 0.158 e. The third-order valence-electron chi connectivity index (χ3n) is 15.2. The Morgan fingerprint density at radius 2 is 0.532 bits per heavy atom. The molecule has 4 fully saturated rings. The van der Waals surface area contributed by atoms with Crippen LogP contribution in [0.4, 0.5) is 0 Å². The third-order valence-corrected chi connectivity index (χ3v) is 15.2. The molecule has 4 aliphatic carbocycles. The molecule has 0 spiro atoms. The van der Waals surface area contributed by atoms with Crippen LogP contribution in [0.1, 0.15) is 86.1 Å². The number of carbonyl (C=O) groups excluding carboxylic acids is 2. The van der Waals surface area contributed by atoms with E-state index in [1.54, 1.807) is 0 Å². The standard InChI is InChI=1S/2C28H20.2C11H14NO.2C2H4O2.2Co.2Pd/c2*1-5-13-21(14-6-1)25-26(22-15-7-2-8-16-22)28(24-19-11-4-12-20-24)27(25)23-17-9-3-10-18-23;2*1-8(2)10-7-13-11(12-10)9-5-3-4-6-9;2*1-2(3)4;;;;/h2*1-20H;2*3-6,8,10H,7H2,1-2H3;2*1H3,(H,3,4);;;;/q;;2*-1;;;;;;/p-2/t;;2*10-;;;;;;/m..11....../s1. The molecule has 18 radical (unpaired) electrons.